The van der Waals surface area contributed by atoms with Gasteiger partial charge in [0.05, 0.1) is 0 Å². The fraction of sp³-hybridized carbons (Fsp3) is 0.385. The van der Waals surface area contributed by atoms with Crippen LogP contribution in [-0.4, -0.2) is 0 Å². The summed E-state index contributed by atoms with van der Waals surface area (Å²) in [6.45, 7) is 0. The molecular formula is C13H15Cl. The molecule has 0 heterocycles. The van der Waals surface area contributed by atoms with E-state index in [2.05, 4.69) is 30.3 Å². The Morgan fingerprint density at radius 3 is 2.71 bits per heavy atom. The van der Waals surface area contributed by atoms with E-state index < -0.39 is 0 Å². The highest BCUT2D eigenvalue weighted by Crippen LogP contribution is 2.35. The van der Waals surface area contributed by atoms with E-state index in [1.807, 2.05) is 0 Å². The molecule has 1 aliphatic carbocycles. The molecule has 74 valence electrons. The van der Waals surface area contributed by atoms with E-state index >= 15 is 0 Å². The Morgan fingerprint density at radius 1 is 1.21 bits per heavy atom. The molecule has 2 rings (SSSR count). The molecule has 1 atom stereocenters. The molecule has 1 heteroatoms. The summed E-state index contributed by atoms with van der Waals surface area (Å²) in [4.78, 5) is 0. The molecule has 0 aromatic heterocycles. The Morgan fingerprint density at radius 2 is 2.00 bits per heavy atom. The maximum Gasteiger partial charge on any atom is 0.00347 e. The molecule has 1 fully saturated rings. The molecule has 1 saturated carbocycles. The predicted octanol–water partition coefficient (Wildman–Crippen LogP) is 4.47. The van der Waals surface area contributed by atoms with Crippen molar-refractivity contribution >= 4 is 11.6 Å². The van der Waals surface area contributed by atoms with Crippen molar-refractivity contribution < 1.29 is 0 Å². The Hall–Kier alpha value is -0.750. The normalized spacial score (nSPS) is 25.2. The molecule has 0 aliphatic heterocycles. The molecule has 0 radical (unpaired) electrons. The second-order valence-electron chi connectivity index (χ2n) is 3.97. The van der Waals surface area contributed by atoms with Crippen molar-refractivity contribution in [3.05, 3.63) is 47.0 Å². The minimum Gasteiger partial charge on any atom is -0.0930 e. The van der Waals surface area contributed by atoms with Gasteiger partial charge in [-0.1, -0.05) is 47.5 Å². The Balaban J connectivity index is 2.12. The molecule has 1 aromatic rings. The van der Waals surface area contributed by atoms with E-state index in [1.54, 1.807) is 5.54 Å². The van der Waals surface area contributed by atoms with Crippen molar-refractivity contribution in [2.75, 3.05) is 0 Å². The van der Waals surface area contributed by atoms with Crippen LogP contribution in [-0.2, 0) is 0 Å². The van der Waals surface area contributed by atoms with Crippen LogP contribution in [0.2, 0.25) is 0 Å². The summed E-state index contributed by atoms with van der Waals surface area (Å²) in [6, 6.07) is 10.8. The van der Waals surface area contributed by atoms with Crippen LogP contribution >= 0.6 is 11.6 Å². The second kappa shape index (κ2) is 4.65. The topological polar surface area (TPSA) is 0 Å². The monoisotopic (exact) mass is 206 g/mol. The third-order valence-corrected chi connectivity index (χ3v) is 3.29. The highest BCUT2D eigenvalue weighted by Gasteiger charge is 2.17. The van der Waals surface area contributed by atoms with Gasteiger partial charge in [0.2, 0.25) is 0 Å². The van der Waals surface area contributed by atoms with Crippen molar-refractivity contribution in [1.29, 1.82) is 0 Å². The van der Waals surface area contributed by atoms with Crippen LogP contribution in [0.15, 0.2) is 41.4 Å². The molecule has 1 unspecified atom stereocenters. The van der Waals surface area contributed by atoms with Gasteiger partial charge in [-0.25, -0.2) is 0 Å². The lowest BCUT2D eigenvalue weighted by molar-refractivity contribution is 0.523. The molecule has 1 aromatic carbocycles. The van der Waals surface area contributed by atoms with E-state index in [1.165, 1.54) is 30.4 Å². The van der Waals surface area contributed by atoms with E-state index in [0.717, 1.165) is 6.42 Å². The zero-order chi connectivity index (χ0) is 9.80. The lowest BCUT2D eigenvalue weighted by Gasteiger charge is -2.24. The number of hydrogen-bond donors (Lipinski definition) is 0. The van der Waals surface area contributed by atoms with E-state index in [9.17, 15) is 0 Å². The SMILES string of the molecule is Cl/C=C1/CCCC(c2ccccc2)C1. The Bertz CT molecular complexity index is 313. The van der Waals surface area contributed by atoms with Crippen LogP contribution in [0.25, 0.3) is 0 Å². The lowest BCUT2D eigenvalue weighted by Crippen LogP contribution is -2.06. The number of benzene rings is 1. The number of rotatable bonds is 1. The van der Waals surface area contributed by atoms with Crippen LogP contribution in [0.3, 0.4) is 0 Å². The maximum atomic E-state index is 5.77. The van der Waals surface area contributed by atoms with Crippen LogP contribution in [0, 0.1) is 0 Å². The van der Waals surface area contributed by atoms with Gasteiger partial charge in [0.25, 0.3) is 0 Å². The van der Waals surface area contributed by atoms with Crippen molar-refractivity contribution in [3.63, 3.8) is 0 Å². The van der Waals surface area contributed by atoms with E-state index in [0.29, 0.717) is 5.92 Å². The Labute approximate surface area is 90.6 Å². The van der Waals surface area contributed by atoms with Gasteiger partial charge < -0.3 is 0 Å². The molecule has 14 heavy (non-hydrogen) atoms. The van der Waals surface area contributed by atoms with Gasteiger partial charge in [-0.15, -0.1) is 0 Å². The lowest BCUT2D eigenvalue weighted by atomic mass is 9.82. The fourth-order valence-corrected chi connectivity index (χ4v) is 2.40. The molecule has 0 bridgehead atoms. The minimum absolute atomic E-state index is 0.690. The quantitative estimate of drug-likeness (QED) is 0.636. The summed E-state index contributed by atoms with van der Waals surface area (Å²) < 4.78 is 0. The highest BCUT2D eigenvalue weighted by atomic mass is 35.5. The average Bonchev–Trinajstić information content (AvgIpc) is 2.30. The first-order valence-electron chi connectivity index (χ1n) is 5.23. The van der Waals surface area contributed by atoms with Crippen molar-refractivity contribution in [2.24, 2.45) is 0 Å². The smallest absolute Gasteiger partial charge is 0.00347 e. The summed E-state index contributed by atoms with van der Waals surface area (Å²) in [5.74, 6) is 0.690. The second-order valence-corrected chi connectivity index (χ2v) is 4.19. The molecule has 0 nitrogen and oxygen atoms in total. The van der Waals surface area contributed by atoms with Crippen LogP contribution in [0.5, 0.6) is 0 Å². The number of halogens is 1. The first-order valence-corrected chi connectivity index (χ1v) is 5.67. The largest absolute Gasteiger partial charge is 0.0930 e. The van der Waals surface area contributed by atoms with Gasteiger partial charge in [-0.05, 0) is 37.2 Å². The third kappa shape index (κ3) is 2.19. The molecule has 1 aliphatic rings. The minimum atomic E-state index is 0.690. The zero-order valence-corrected chi connectivity index (χ0v) is 9.00. The average molecular weight is 207 g/mol. The van der Waals surface area contributed by atoms with Crippen LogP contribution < -0.4 is 0 Å². The van der Waals surface area contributed by atoms with Crippen LogP contribution in [0.1, 0.15) is 37.2 Å². The summed E-state index contributed by atoms with van der Waals surface area (Å²) >= 11 is 5.77. The van der Waals surface area contributed by atoms with Gasteiger partial charge in [0.1, 0.15) is 0 Å². The molecular weight excluding hydrogens is 192 g/mol. The van der Waals surface area contributed by atoms with Gasteiger partial charge in [-0.2, -0.15) is 0 Å². The molecule has 0 amide bonds. The van der Waals surface area contributed by atoms with Gasteiger partial charge in [-0.3, -0.25) is 0 Å². The summed E-state index contributed by atoms with van der Waals surface area (Å²) in [5.41, 5.74) is 4.64. The third-order valence-electron chi connectivity index (χ3n) is 2.98. The van der Waals surface area contributed by atoms with Crippen LogP contribution in [0.4, 0.5) is 0 Å². The molecule has 0 N–H and O–H groups in total. The molecule has 0 spiro atoms. The highest BCUT2D eigenvalue weighted by molar-refractivity contribution is 6.25. The maximum absolute atomic E-state index is 5.77. The summed E-state index contributed by atoms with van der Waals surface area (Å²) in [6.07, 6.45) is 4.91. The summed E-state index contributed by atoms with van der Waals surface area (Å²) in [7, 11) is 0. The van der Waals surface area contributed by atoms with Crippen molar-refractivity contribution in [2.45, 2.75) is 31.6 Å². The first-order chi connectivity index (χ1) is 6.90. The van der Waals surface area contributed by atoms with E-state index in [-0.39, 0.29) is 0 Å². The number of allylic oxidation sites excluding steroid dienone is 1. The fourth-order valence-electron chi connectivity index (χ4n) is 2.20. The molecule has 0 saturated heterocycles. The summed E-state index contributed by atoms with van der Waals surface area (Å²) in [5, 5.41) is 0. The van der Waals surface area contributed by atoms with Gasteiger partial charge >= 0.3 is 0 Å². The standard InChI is InChI=1S/C13H15Cl/c14-10-11-5-4-8-13(9-11)12-6-2-1-3-7-12/h1-3,6-7,10,13H,4-5,8-9H2/b11-10-. The predicted molar refractivity (Wildman–Crippen MR) is 61.6 cm³/mol. The van der Waals surface area contributed by atoms with Crippen molar-refractivity contribution in [3.8, 4) is 0 Å². The number of hydrogen-bond acceptors (Lipinski definition) is 0. The van der Waals surface area contributed by atoms with Crippen molar-refractivity contribution in [1.82, 2.24) is 0 Å². The zero-order valence-electron chi connectivity index (χ0n) is 8.25. The Kier molecular flexibility index (Phi) is 3.26. The van der Waals surface area contributed by atoms with E-state index in [4.69, 9.17) is 11.6 Å². The van der Waals surface area contributed by atoms with Gasteiger partial charge in [0.15, 0.2) is 0 Å². The first kappa shape index (κ1) is 9.79. The van der Waals surface area contributed by atoms with Gasteiger partial charge in [0, 0.05) is 5.54 Å².